The second kappa shape index (κ2) is 4.69. The number of likely N-dealkylation sites (tertiary alicyclic amines) is 1. The van der Waals surface area contributed by atoms with Crippen LogP contribution < -0.4 is 0 Å². The van der Waals surface area contributed by atoms with Crippen molar-refractivity contribution in [1.82, 2.24) is 15.1 Å². The first-order valence-electron chi connectivity index (χ1n) is 6.95. The van der Waals surface area contributed by atoms with E-state index in [1.165, 1.54) is 0 Å². The number of nitriles is 1. The molecule has 2 fully saturated rings. The molecule has 2 heterocycles. The number of hydrogen-bond acceptors (Lipinski definition) is 3. The Balaban J connectivity index is 1.72. The monoisotopic (exact) mass is 258 g/mol. The molecule has 3 rings (SSSR count). The van der Waals surface area contributed by atoms with Crippen molar-refractivity contribution >= 4 is 5.91 Å². The maximum absolute atomic E-state index is 12.5. The molecule has 19 heavy (non-hydrogen) atoms. The van der Waals surface area contributed by atoms with Crippen LogP contribution in [0.15, 0.2) is 12.3 Å². The standard InChI is InChI=1S/C14H18N4O/c15-10-14(5-2-6-14)13(19)18-8-1-3-11(9-18)12-4-7-16-17-12/h4,7,11H,1-3,5-6,8-9H2,(H,16,17). The Morgan fingerprint density at radius 2 is 2.37 bits per heavy atom. The third kappa shape index (κ3) is 2.01. The third-order valence-electron chi connectivity index (χ3n) is 4.50. The van der Waals surface area contributed by atoms with Crippen LogP contribution in [0.4, 0.5) is 0 Å². The molecule has 0 spiro atoms. The van der Waals surface area contributed by atoms with E-state index in [1.807, 2.05) is 11.0 Å². The van der Waals surface area contributed by atoms with Crippen molar-refractivity contribution in [2.24, 2.45) is 5.41 Å². The van der Waals surface area contributed by atoms with Crippen molar-refractivity contribution in [3.8, 4) is 6.07 Å². The summed E-state index contributed by atoms with van der Waals surface area (Å²) >= 11 is 0. The molecule has 5 nitrogen and oxygen atoms in total. The molecule has 1 saturated heterocycles. The number of hydrogen-bond donors (Lipinski definition) is 1. The van der Waals surface area contributed by atoms with Crippen molar-refractivity contribution in [1.29, 1.82) is 5.26 Å². The fourth-order valence-corrected chi connectivity index (χ4v) is 3.12. The van der Waals surface area contributed by atoms with Gasteiger partial charge in [-0.3, -0.25) is 9.89 Å². The number of aromatic nitrogens is 2. The molecule has 0 radical (unpaired) electrons. The SMILES string of the molecule is N#CC1(C(=O)N2CCCC(c3ccn[nH]3)C2)CCC1. The number of aromatic amines is 1. The molecule has 1 saturated carbocycles. The van der Waals surface area contributed by atoms with Crippen molar-refractivity contribution in [3.63, 3.8) is 0 Å². The zero-order valence-corrected chi connectivity index (χ0v) is 10.9. The van der Waals surface area contributed by atoms with E-state index in [0.29, 0.717) is 12.5 Å². The van der Waals surface area contributed by atoms with Crippen LogP contribution in [-0.4, -0.2) is 34.1 Å². The summed E-state index contributed by atoms with van der Waals surface area (Å²) in [5.41, 5.74) is 0.382. The Morgan fingerprint density at radius 1 is 1.53 bits per heavy atom. The van der Waals surface area contributed by atoms with Gasteiger partial charge in [0.15, 0.2) is 0 Å². The Kier molecular flexibility index (Phi) is 3.02. The predicted octanol–water partition coefficient (Wildman–Crippen LogP) is 1.81. The number of carbonyl (C=O) groups excluding carboxylic acids is 1. The Morgan fingerprint density at radius 3 is 2.95 bits per heavy atom. The number of carbonyl (C=O) groups is 1. The zero-order valence-electron chi connectivity index (χ0n) is 10.9. The highest BCUT2D eigenvalue weighted by Gasteiger charge is 2.47. The molecule has 0 aromatic carbocycles. The van der Waals surface area contributed by atoms with Crippen LogP contribution in [0.3, 0.4) is 0 Å². The van der Waals surface area contributed by atoms with E-state index in [0.717, 1.165) is 44.3 Å². The topological polar surface area (TPSA) is 72.8 Å². The predicted molar refractivity (Wildman–Crippen MR) is 69.0 cm³/mol. The van der Waals surface area contributed by atoms with E-state index in [4.69, 9.17) is 0 Å². The average molecular weight is 258 g/mol. The summed E-state index contributed by atoms with van der Waals surface area (Å²) in [6, 6.07) is 4.22. The fraction of sp³-hybridized carbons (Fsp3) is 0.643. The Hall–Kier alpha value is -1.83. The molecule has 1 aromatic rings. The highest BCUT2D eigenvalue weighted by atomic mass is 16.2. The minimum atomic E-state index is -0.712. The second-order valence-electron chi connectivity index (χ2n) is 5.65. The van der Waals surface area contributed by atoms with Crippen LogP contribution >= 0.6 is 0 Å². The van der Waals surface area contributed by atoms with E-state index in [1.54, 1.807) is 6.20 Å². The molecule has 1 N–H and O–H groups in total. The highest BCUT2D eigenvalue weighted by molar-refractivity contribution is 5.86. The summed E-state index contributed by atoms with van der Waals surface area (Å²) in [6.45, 7) is 1.50. The van der Waals surface area contributed by atoms with Gasteiger partial charge < -0.3 is 4.90 Å². The van der Waals surface area contributed by atoms with Crippen LogP contribution in [0.25, 0.3) is 0 Å². The van der Waals surface area contributed by atoms with Gasteiger partial charge in [-0.05, 0) is 38.2 Å². The smallest absolute Gasteiger partial charge is 0.243 e. The first-order chi connectivity index (χ1) is 9.25. The van der Waals surface area contributed by atoms with Crippen molar-refractivity contribution in [3.05, 3.63) is 18.0 Å². The summed E-state index contributed by atoms with van der Waals surface area (Å²) in [4.78, 5) is 14.4. The van der Waals surface area contributed by atoms with E-state index in [-0.39, 0.29) is 5.91 Å². The van der Waals surface area contributed by atoms with Crippen LogP contribution in [-0.2, 0) is 4.79 Å². The molecule has 0 bridgehead atoms. The Labute approximate surface area is 112 Å². The quantitative estimate of drug-likeness (QED) is 0.879. The lowest BCUT2D eigenvalue weighted by atomic mass is 9.68. The number of H-pyrrole nitrogens is 1. The molecule has 5 heteroatoms. The minimum absolute atomic E-state index is 0.0467. The van der Waals surface area contributed by atoms with Gasteiger partial charge in [0, 0.05) is 30.9 Å². The molecule has 2 aliphatic rings. The lowest BCUT2D eigenvalue weighted by Crippen LogP contribution is -2.50. The van der Waals surface area contributed by atoms with E-state index < -0.39 is 5.41 Å². The van der Waals surface area contributed by atoms with Crippen molar-refractivity contribution in [2.45, 2.75) is 38.0 Å². The van der Waals surface area contributed by atoms with Gasteiger partial charge in [0.1, 0.15) is 5.41 Å². The van der Waals surface area contributed by atoms with Gasteiger partial charge in [-0.25, -0.2) is 0 Å². The lowest BCUT2D eigenvalue weighted by molar-refractivity contribution is -0.144. The van der Waals surface area contributed by atoms with E-state index in [2.05, 4.69) is 16.3 Å². The maximum atomic E-state index is 12.5. The molecule has 100 valence electrons. The van der Waals surface area contributed by atoms with Gasteiger partial charge in [-0.15, -0.1) is 0 Å². The zero-order chi connectivity index (χ0) is 13.3. The molecule has 1 unspecified atom stereocenters. The van der Waals surface area contributed by atoms with E-state index in [9.17, 15) is 10.1 Å². The van der Waals surface area contributed by atoms with E-state index >= 15 is 0 Å². The van der Waals surface area contributed by atoms with Crippen LogP contribution in [0, 0.1) is 16.7 Å². The van der Waals surface area contributed by atoms with Gasteiger partial charge >= 0.3 is 0 Å². The number of nitrogens with one attached hydrogen (secondary N) is 1. The first-order valence-corrected chi connectivity index (χ1v) is 6.95. The summed E-state index contributed by atoms with van der Waals surface area (Å²) in [5, 5.41) is 16.2. The fourth-order valence-electron chi connectivity index (χ4n) is 3.12. The number of nitrogens with zero attached hydrogens (tertiary/aromatic N) is 3. The third-order valence-corrected chi connectivity index (χ3v) is 4.50. The van der Waals surface area contributed by atoms with Crippen LogP contribution in [0.2, 0.25) is 0 Å². The average Bonchev–Trinajstić information content (AvgIpc) is 2.92. The minimum Gasteiger partial charge on any atom is -0.341 e. The molecule has 1 aliphatic carbocycles. The first kappa shape index (κ1) is 12.2. The summed E-state index contributed by atoms with van der Waals surface area (Å²) in [5.74, 6) is 0.376. The molecular formula is C14H18N4O. The largest absolute Gasteiger partial charge is 0.341 e. The number of rotatable bonds is 2. The van der Waals surface area contributed by atoms with Gasteiger partial charge in [0.2, 0.25) is 5.91 Å². The second-order valence-corrected chi connectivity index (χ2v) is 5.65. The van der Waals surface area contributed by atoms with Crippen LogP contribution in [0.1, 0.15) is 43.7 Å². The normalized spacial score (nSPS) is 25.4. The summed E-state index contributed by atoms with van der Waals surface area (Å²) in [6.07, 6.45) is 6.28. The molecule has 1 amide bonds. The van der Waals surface area contributed by atoms with Gasteiger partial charge in [0.05, 0.1) is 6.07 Å². The molecule has 1 atom stereocenters. The Bertz CT molecular complexity index is 498. The number of amides is 1. The van der Waals surface area contributed by atoms with Crippen molar-refractivity contribution in [2.75, 3.05) is 13.1 Å². The van der Waals surface area contributed by atoms with Gasteiger partial charge in [-0.1, -0.05) is 0 Å². The van der Waals surface area contributed by atoms with Crippen LogP contribution in [0.5, 0.6) is 0 Å². The summed E-state index contributed by atoms with van der Waals surface area (Å²) in [7, 11) is 0. The molecular weight excluding hydrogens is 240 g/mol. The molecule has 1 aromatic heterocycles. The number of piperidine rings is 1. The van der Waals surface area contributed by atoms with Gasteiger partial charge in [0.25, 0.3) is 0 Å². The lowest BCUT2D eigenvalue weighted by Gasteiger charge is -2.41. The highest BCUT2D eigenvalue weighted by Crippen LogP contribution is 2.42. The van der Waals surface area contributed by atoms with Crippen molar-refractivity contribution < 1.29 is 4.79 Å². The van der Waals surface area contributed by atoms with Gasteiger partial charge in [-0.2, -0.15) is 10.4 Å². The maximum Gasteiger partial charge on any atom is 0.243 e. The molecule has 1 aliphatic heterocycles. The summed E-state index contributed by atoms with van der Waals surface area (Å²) < 4.78 is 0.